The summed E-state index contributed by atoms with van der Waals surface area (Å²) in [6, 6.07) is 10.1. The Bertz CT molecular complexity index is 754. The number of carbonyl (C=O) groups excluding carboxylic acids is 1. The molecule has 1 amide bonds. The van der Waals surface area contributed by atoms with E-state index in [4.69, 9.17) is 0 Å². The Morgan fingerprint density at radius 3 is 2.56 bits per heavy atom. The largest absolute Gasteiger partial charge is 0.354 e. The summed E-state index contributed by atoms with van der Waals surface area (Å²) in [6.45, 7) is 5.18. The Morgan fingerprint density at radius 1 is 1.07 bits per heavy atom. The van der Waals surface area contributed by atoms with Gasteiger partial charge in [-0.3, -0.25) is 4.79 Å². The fraction of sp³-hybridized carbons (Fsp3) is 0.476. The average Bonchev–Trinajstić information content (AvgIpc) is 3.13. The predicted octanol–water partition coefficient (Wildman–Crippen LogP) is 3.95. The molecule has 0 aliphatic heterocycles. The highest BCUT2D eigenvalue weighted by Gasteiger charge is 2.17. The number of anilines is 3. The van der Waals surface area contributed by atoms with E-state index in [1.165, 1.54) is 31.2 Å². The van der Waals surface area contributed by atoms with Crippen molar-refractivity contribution in [1.29, 1.82) is 0 Å². The number of benzene rings is 1. The molecular weight excluding hydrogens is 338 g/mol. The monoisotopic (exact) mass is 367 g/mol. The Morgan fingerprint density at radius 2 is 1.81 bits per heavy atom. The van der Waals surface area contributed by atoms with E-state index >= 15 is 0 Å². The molecule has 3 rings (SSSR count). The standard InChI is InChI=1S/C21H29N5O/c1-15-7-9-18(10-8-15)25-19-13-16(2)24-21(26-19)23-12-11-22-20(27)14-17-5-3-4-6-17/h7-10,13,17H,3-6,11-12,14H2,1-2H3,(H,22,27)(H2,23,24,25,26). The molecule has 0 unspecified atom stereocenters. The van der Waals surface area contributed by atoms with Crippen LogP contribution in [-0.2, 0) is 4.79 Å². The van der Waals surface area contributed by atoms with Crippen LogP contribution in [0.25, 0.3) is 0 Å². The first kappa shape index (κ1) is 19.1. The van der Waals surface area contributed by atoms with E-state index < -0.39 is 0 Å². The van der Waals surface area contributed by atoms with E-state index in [0.29, 0.717) is 31.4 Å². The lowest BCUT2D eigenvalue weighted by Gasteiger charge is -2.12. The molecule has 27 heavy (non-hydrogen) atoms. The predicted molar refractivity (Wildman–Crippen MR) is 109 cm³/mol. The number of nitrogens with zero attached hydrogens (tertiary/aromatic N) is 2. The molecule has 1 aliphatic carbocycles. The van der Waals surface area contributed by atoms with Crippen LogP contribution in [0, 0.1) is 19.8 Å². The quantitative estimate of drug-likeness (QED) is 0.616. The number of hydrogen-bond donors (Lipinski definition) is 3. The molecule has 0 atom stereocenters. The van der Waals surface area contributed by atoms with Gasteiger partial charge in [0.1, 0.15) is 5.82 Å². The van der Waals surface area contributed by atoms with Crippen molar-refractivity contribution in [2.45, 2.75) is 46.0 Å². The molecule has 0 saturated heterocycles. The highest BCUT2D eigenvalue weighted by Crippen LogP contribution is 2.27. The van der Waals surface area contributed by atoms with Crippen LogP contribution >= 0.6 is 0 Å². The van der Waals surface area contributed by atoms with Crippen LogP contribution in [0.2, 0.25) is 0 Å². The molecule has 6 nitrogen and oxygen atoms in total. The fourth-order valence-corrected chi connectivity index (χ4v) is 3.42. The Hall–Kier alpha value is -2.63. The van der Waals surface area contributed by atoms with Crippen molar-refractivity contribution in [3.63, 3.8) is 0 Å². The average molecular weight is 367 g/mol. The summed E-state index contributed by atoms with van der Waals surface area (Å²) in [5.74, 6) is 2.04. The first-order valence-corrected chi connectivity index (χ1v) is 9.78. The molecule has 1 aromatic heterocycles. The lowest BCUT2D eigenvalue weighted by atomic mass is 10.0. The maximum Gasteiger partial charge on any atom is 0.224 e. The van der Waals surface area contributed by atoms with Crippen molar-refractivity contribution < 1.29 is 4.79 Å². The second kappa shape index (κ2) is 9.35. The summed E-state index contributed by atoms with van der Waals surface area (Å²) in [5.41, 5.74) is 3.09. The normalized spacial score (nSPS) is 14.1. The molecule has 6 heteroatoms. The van der Waals surface area contributed by atoms with E-state index in [1.807, 2.05) is 25.1 Å². The van der Waals surface area contributed by atoms with Crippen LogP contribution in [0.1, 0.15) is 43.4 Å². The van der Waals surface area contributed by atoms with Gasteiger partial charge < -0.3 is 16.0 Å². The van der Waals surface area contributed by atoms with Crippen LogP contribution in [0.3, 0.4) is 0 Å². The van der Waals surface area contributed by atoms with Crippen LogP contribution in [0.4, 0.5) is 17.5 Å². The van der Waals surface area contributed by atoms with Gasteiger partial charge in [0.05, 0.1) is 0 Å². The third-order valence-corrected chi connectivity index (χ3v) is 4.86. The summed E-state index contributed by atoms with van der Waals surface area (Å²) in [6.07, 6.45) is 5.58. The van der Waals surface area contributed by atoms with Crippen molar-refractivity contribution >= 4 is 23.4 Å². The van der Waals surface area contributed by atoms with Gasteiger partial charge >= 0.3 is 0 Å². The minimum absolute atomic E-state index is 0.149. The highest BCUT2D eigenvalue weighted by molar-refractivity contribution is 5.76. The van der Waals surface area contributed by atoms with Gasteiger partial charge in [0.2, 0.25) is 11.9 Å². The van der Waals surface area contributed by atoms with Crippen LogP contribution in [0.5, 0.6) is 0 Å². The van der Waals surface area contributed by atoms with Gasteiger partial charge in [0.25, 0.3) is 0 Å². The molecule has 3 N–H and O–H groups in total. The van der Waals surface area contributed by atoms with Gasteiger partial charge in [-0.05, 0) is 44.7 Å². The first-order valence-electron chi connectivity index (χ1n) is 9.78. The summed E-state index contributed by atoms with van der Waals surface area (Å²) in [4.78, 5) is 20.9. The molecule has 0 bridgehead atoms. The van der Waals surface area contributed by atoms with Gasteiger partial charge in [0, 0.05) is 37.0 Å². The van der Waals surface area contributed by atoms with E-state index in [-0.39, 0.29) is 5.91 Å². The Labute approximate surface area is 161 Å². The van der Waals surface area contributed by atoms with Gasteiger partial charge in [0.15, 0.2) is 0 Å². The summed E-state index contributed by atoms with van der Waals surface area (Å²) >= 11 is 0. The molecule has 1 heterocycles. The van der Waals surface area contributed by atoms with E-state index in [1.54, 1.807) is 0 Å². The minimum atomic E-state index is 0.149. The highest BCUT2D eigenvalue weighted by atomic mass is 16.1. The number of nitrogens with one attached hydrogen (secondary N) is 3. The summed E-state index contributed by atoms with van der Waals surface area (Å²) in [7, 11) is 0. The molecule has 2 aromatic rings. The second-order valence-corrected chi connectivity index (χ2v) is 7.34. The van der Waals surface area contributed by atoms with Crippen LogP contribution in [0.15, 0.2) is 30.3 Å². The molecule has 1 aliphatic rings. The third kappa shape index (κ3) is 6.24. The lowest BCUT2D eigenvalue weighted by Crippen LogP contribution is -2.30. The zero-order valence-corrected chi connectivity index (χ0v) is 16.2. The number of hydrogen-bond acceptors (Lipinski definition) is 5. The molecule has 1 saturated carbocycles. The number of aryl methyl sites for hydroxylation is 2. The number of amides is 1. The van der Waals surface area contributed by atoms with Crippen molar-refractivity contribution in [1.82, 2.24) is 15.3 Å². The summed E-state index contributed by atoms with van der Waals surface area (Å²) in [5, 5.41) is 9.47. The SMILES string of the molecule is Cc1ccc(Nc2cc(C)nc(NCCNC(=O)CC3CCCC3)n2)cc1. The van der Waals surface area contributed by atoms with E-state index in [0.717, 1.165) is 17.2 Å². The molecular formula is C21H29N5O. The van der Waals surface area contributed by atoms with E-state index in [2.05, 4.69) is 45.0 Å². The maximum atomic E-state index is 12.0. The fourth-order valence-electron chi connectivity index (χ4n) is 3.42. The zero-order chi connectivity index (χ0) is 19.1. The molecule has 0 radical (unpaired) electrons. The van der Waals surface area contributed by atoms with Gasteiger partial charge in [-0.2, -0.15) is 4.98 Å². The molecule has 0 spiro atoms. The van der Waals surface area contributed by atoms with Crippen LogP contribution in [-0.4, -0.2) is 29.0 Å². The molecule has 144 valence electrons. The lowest BCUT2D eigenvalue weighted by molar-refractivity contribution is -0.121. The molecule has 1 aromatic carbocycles. The van der Waals surface area contributed by atoms with Crippen molar-refractivity contribution in [2.24, 2.45) is 5.92 Å². The minimum Gasteiger partial charge on any atom is -0.354 e. The van der Waals surface area contributed by atoms with E-state index in [9.17, 15) is 4.79 Å². The van der Waals surface area contributed by atoms with Gasteiger partial charge in [-0.1, -0.05) is 30.5 Å². The van der Waals surface area contributed by atoms with Gasteiger partial charge in [-0.15, -0.1) is 0 Å². The smallest absolute Gasteiger partial charge is 0.224 e. The topological polar surface area (TPSA) is 78.9 Å². The van der Waals surface area contributed by atoms with Crippen molar-refractivity contribution in [3.8, 4) is 0 Å². The van der Waals surface area contributed by atoms with Crippen LogP contribution < -0.4 is 16.0 Å². The van der Waals surface area contributed by atoms with Crippen molar-refractivity contribution in [2.75, 3.05) is 23.7 Å². The second-order valence-electron chi connectivity index (χ2n) is 7.34. The number of rotatable bonds is 8. The Kier molecular flexibility index (Phi) is 6.63. The maximum absolute atomic E-state index is 12.0. The third-order valence-electron chi connectivity index (χ3n) is 4.86. The van der Waals surface area contributed by atoms with Gasteiger partial charge in [-0.25, -0.2) is 4.98 Å². The summed E-state index contributed by atoms with van der Waals surface area (Å²) < 4.78 is 0. The Balaban J connectivity index is 1.46. The number of carbonyl (C=O) groups is 1. The molecule has 1 fully saturated rings. The zero-order valence-electron chi connectivity index (χ0n) is 16.2. The first-order chi connectivity index (χ1) is 13.1. The number of aromatic nitrogens is 2. The van der Waals surface area contributed by atoms with Crippen molar-refractivity contribution in [3.05, 3.63) is 41.6 Å².